The smallest absolute Gasteiger partial charge is 0.221 e. The molecule has 0 atom stereocenters. The lowest BCUT2D eigenvalue weighted by molar-refractivity contribution is -0.121. The molecule has 1 saturated carbocycles. The summed E-state index contributed by atoms with van der Waals surface area (Å²) in [4.78, 5) is 11.1. The van der Waals surface area contributed by atoms with Crippen molar-refractivity contribution in [3.8, 4) is 12.3 Å². The van der Waals surface area contributed by atoms with E-state index in [0.29, 0.717) is 25.6 Å². The molecular formula is C9H14N2O. The first kappa shape index (κ1) is 9.08. The van der Waals surface area contributed by atoms with Crippen LogP contribution in [0, 0.1) is 12.3 Å². The van der Waals surface area contributed by atoms with E-state index < -0.39 is 0 Å². The van der Waals surface area contributed by atoms with Crippen LogP contribution in [0.15, 0.2) is 0 Å². The third-order valence-corrected chi connectivity index (χ3v) is 1.70. The normalized spacial score (nSPS) is 15.2. The Morgan fingerprint density at radius 3 is 2.92 bits per heavy atom. The summed E-state index contributed by atoms with van der Waals surface area (Å²) >= 11 is 0. The third kappa shape index (κ3) is 3.99. The van der Waals surface area contributed by atoms with Crippen LogP contribution >= 0.6 is 0 Å². The minimum atomic E-state index is 0.127. The van der Waals surface area contributed by atoms with Crippen molar-refractivity contribution in [1.82, 2.24) is 10.6 Å². The fraction of sp³-hybridized carbons (Fsp3) is 0.667. The predicted octanol–water partition coefficient (Wildman–Crippen LogP) is -0.122. The molecule has 0 radical (unpaired) electrons. The Bertz CT molecular complexity index is 191. The monoisotopic (exact) mass is 166 g/mol. The van der Waals surface area contributed by atoms with E-state index in [9.17, 15) is 4.79 Å². The second-order valence-corrected chi connectivity index (χ2v) is 2.97. The van der Waals surface area contributed by atoms with E-state index in [0.717, 1.165) is 12.8 Å². The fourth-order valence-electron chi connectivity index (χ4n) is 0.890. The fourth-order valence-corrected chi connectivity index (χ4v) is 0.890. The van der Waals surface area contributed by atoms with Crippen molar-refractivity contribution in [2.24, 2.45) is 0 Å². The van der Waals surface area contributed by atoms with Crippen molar-refractivity contribution >= 4 is 5.91 Å². The lowest BCUT2D eigenvalue weighted by Crippen LogP contribution is -2.29. The number of hydrogen-bond donors (Lipinski definition) is 2. The first-order valence-electron chi connectivity index (χ1n) is 4.26. The summed E-state index contributed by atoms with van der Waals surface area (Å²) in [6.07, 6.45) is 7.83. The van der Waals surface area contributed by atoms with E-state index in [1.54, 1.807) is 0 Å². The molecule has 0 aromatic rings. The molecule has 0 unspecified atom stereocenters. The van der Waals surface area contributed by atoms with Crippen LogP contribution in [0.1, 0.15) is 19.3 Å². The number of hydrogen-bond acceptors (Lipinski definition) is 2. The van der Waals surface area contributed by atoms with Crippen molar-refractivity contribution in [2.75, 3.05) is 13.1 Å². The van der Waals surface area contributed by atoms with Crippen LogP contribution in [0.5, 0.6) is 0 Å². The summed E-state index contributed by atoms with van der Waals surface area (Å²) in [7, 11) is 0. The molecule has 3 nitrogen and oxygen atoms in total. The zero-order valence-corrected chi connectivity index (χ0v) is 7.10. The number of carbonyl (C=O) groups is 1. The van der Waals surface area contributed by atoms with E-state index in [2.05, 4.69) is 16.6 Å². The average molecular weight is 166 g/mol. The van der Waals surface area contributed by atoms with Crippen molar-refractivity contribution in [3.05, 3.63) is 0 Å². The molecule has 0 heterocycles. The molecule has 2 N–H and O–H groups in total. The summed E-state index contributed by atoms with van der Waals surface area (Å²) < 4.78 is 0. The molecule has 0 aromatic heterocycles. The molecule has 0 aliphatic heterocycles. The lowest BCUT2D eigenvalue weighted by Gasteiger charge is -2.02. The first-order chi connectivity index (χ1) is 5.83. The molecule has 1 fully saturated rings. The Labute approximate surface area is 72.9 Å². The van der Waals surface area contributed by atoms with Crippen LogP contribution in [0.4, 0.5) is 0 Å². The highest BCUT2D eigenvalue weighted by molar-refractivity contribution is 5.76. The topological polar surface area (TPSA) is 41.1 Å². The number of terminal acetylenes is 1. The Kier molecular flexibility index (Phi) is 3.62. The quantitative estimate of drug-likeness (QED) is 0.441. The van der Waals surface area contributed by atoms with Crippen molar-refractivity contribution in [1.29, 1.82) is 0 Å². The van der Waals surface area contributed by atoms with Gasteiger partial charge in [0.15, 0.2) is 0 Å². The number of amides is 1. The summed E-state index contributed by atoms with van der Waals surface area (Å²) in [6.45, 7) is 1.21. The maximum absolute atomic E-state index is 11.1. The largest absolute Gasteiger partial charge is 0.353 e. The van der Waals surface area contributed by atoms with Gasteiger partial charge >= 0.3 is 0 Å². The predicted molar refractivity (Wildman–Crippen MR) is 47.5 cm³/mol. The maximum atomic E-state index is 11.1. The van der Waals surface area contributed by atoms with Gasteiger partial charge in [0, 0.05) is 19.0 Å². The van der Waals surface area contributed by atoms with E-state index in [1.807, 2.05) is 0 Å². The Balaban J connectivity index is 1.91. The van der Waals surface area contributed by atoms with Gasteiger partial charge in [0.1, 0.15) is 0 Å². The van der Waals surface area contributed by atoms with Crippen LogP contribution < -0.4 is 10.6 Å². The Hall–Kier alpha value is -1.01. The van der Waals surface area contributed by atoms with Crippen molar-refractivity contribution < 1.29 is 4.79 Å². The SMILES string of the molecule is C#CCNCCC(=O)NC1CC1. The summed E-state index contributed by atoms with van der Waals surface area (Å²) in [5.74, 6) is 2.58. The van der Waals surface area contributed by atoms with Gasteiger partial charge in [-0.1, -0.05) is 5.92 Å². The standard InChI is InChI=1S/C9H14N2O/c1-2-6-10-7-5-9(12)11-8-3-4-8/h1,8,10H,3-7H2,(H,11,12). The number of carbonyl (C=O) groups excluding carboxylic acids is 1. The molecule has 0 bridgehead atoms. The highest BCUT2D eigenvalue weighted by Crippen LogP contribution is 2.18. The molecule has 0 aromatic carbocycles. The van der Waals surface area contributed by atoms with Crippen LogP contribution in [0.25, 0.3) is 0 Å². The first-order valence-corrected chi connectivity index (χ1v) is 4.26. The lowest BCUT2D eigenvalue weighted by atomic mass is 10.4. The highest BCUT2D eigenvalue weighted by atomic mass is 16.1. The summed E-state index contributed by atoms with van der Waals surface area (Å²) in [6, 6.07) is 0.463. The molecule has 1 rings (SSSR count). The van der Waals surface area contributed by atoms with Crippen molar-refractivity contribution in [2.45, 2.75) is 25.3 Å². The Morgan fingerprint density at radius 1 is 1.58 bits per heavy atom. The highest BCUT2D eigenvalue weighted by Gasteiger charge is 2.22. The van der Waals surface area contributed by atoms with Gasteiger partial charge in [-0.15, -0.1) is 6.42 Å². The van der Waals surface area contributed by atoms with Gasteiger partial charge in [-0.2, -0.15) is 0 Å². The van der Waals surface area contributed by atoms with Gasteiger partial charge in [0.25, 0.3) is 0 Å². The molecule has 0 saturated heterocycles. The molecule has 66 valence electrons. The molecule has 1 aliphatic carbocycles. The summed E-state index contributed by atoms with van der Waals surface area (Å²) in [5.41, 5.74) is 0. The second kappa shape index (κ2) is 4.78. The average Bonchev–Trinajstić information content (AvgIpc) is 2.82. The molecule has 0 spiro atoms. The van der Waals surface area contributed by atoms with Crippen LogP contribution in [-0.4, -0.2) is 25.0 Å². The molecule has 1 aliphatic rings. The van der Waals surface area contributed by atoms with Gasteiger partial charge in [-0.05, 0) is 12.8 Å². The second-order valence-electron chi connectivity index (χ2n) is 2.97. The van der Waals surface area contributed by atoms with Gasteiger partial charge in [0.2, 0.25) is 5.91 Å². The van der Waals surface area contributed by atoms with E-state index >= 15 is 0 Å². The van der Waals surface area contributed by atoms with Crippen molar-refractivity contribution in [3.63, 3.8) is 0 Å². The van der Waals surface area contributed by atoms with Gasteiger partial charge in [-0.25, -0.2) is 0 Å². The van der Waals surface area contributed by atoms with Crippen LogP contribution in [0.2, 0.25) is 0 Å². The van der Waals surface area contributed by atoms with Gasteiger partial charge < -0.3 is 10.6 Å². The molecular weight excluding hydrogens is 152 g/mol. The minimum absolute atomic E-state index is 0.127. The molecule has 3 heteroatoms. The van der Waals surface area contributed by atoms with E-state index in [1.165, 1.54) is 0 Å². The van der Waals surface area contributed by atoms with E-state index in [4.69, 9.17) is 6.42 Å². The maximum Gasteiger partial charge on any atom is 0.221 e. The number of rotatable bonds is 5. The van der Waals surface area contributed by atoms with Crippen LogP contribution in [0.3, 0.4) is 0 Å². The van der Waals surface area contributed by atoms with Gasteiger partial charge in [0.05, 0.1) is 6.54 Å². The molecule has 1 amide bonds. The third-order valence-electron chi connectivity index (χ3n) is 1.70. The van der Waals surface area contributed by atoms with E-state index in [-0.39, 0.29) is 5.91 Å². The zero-order chi connectivity index (χ0) is 8.81. The van der Waals surface area contributed by atoms with Crippen LogP contribution in [-0.2, 0) is 4.79 Å². The Morgan fingerprint density at radius 2 is 2.33 bits per heavy atom. The molecule has 12 heavy (non-hydrogen) atoms. The van der Waals surface area contributed by atoms with Gasteiger partial charge in [-0.3, -0.25) is 4.79 Å². The number of nitrogens with one attached hydrogen (secondary N) is 2. The summed E-state index contributed by atoms with van der Waals surface area (Å²) in [5, 5.41) is 5.86. The minimum Gasteiger partial charge on any atom is -0.353 e. The zero-order valence-electron chi connectivity index (χ0n) is 7.10.